The molecule has 0 aromatic carbocycles. The van der Waals surface area contributed by atoms with Crippen LogP contribution in [0.25, 0.3) is 5.65 Å². The van der Waals surface area contributed by atoms with E-state index in [2.05, 4.69) is 10.3 Å². The van der Waals surface area contributed by atoms with Crippen LogP contribution in [0.1, 0.15) is 28.2 Å². The third-order valence-electron chi connectivity index (χ3n) is 4.01. The minimum atomic E-state index is -4.55. The van der Waals surface area contributed by atoms with E-state index < -0.39 is 11.7 Å². The molecule has 130 valence electrons. The van der Waals surface area contributed by atoms with Crippen molar-refractivity contribution >= 4 is 23.2 Å². The van der Waals surface area contributed by atoms with E-state index in [1.807, 2.05) is 0 Å². The highest BCUT2D eigenvalue weighted by Gasteiger charge is 2.33. The summed E-state index contributed by atoms with van der Waals surface area (Å²) in [6.07, 6.45) is -2.89. The lowest BCUT2D eigenvalue weighted by atomic mass is 10.2. The van der Waals surface area contributed by atoms with Gasteiger partial charge in [-0.1, -0.05) is 11.6 Å². The molecule has 1 fully saturated rings. The minimum Gasteiger partial charge on any atom is -0.336 e. The van der Waals surface area contributed by atoms with Crippen LogP contribution >= 0.6 is 11.6 Å². The van der Waals surface area contributed by atoms with E-state index in [-0.39, 0.29) is 22.3 Å². The van der Waals surface area contributed by atoms with Gasteiger partial charge < -0.3 is 10.2 Å². The summed E-state index contributed by atoms with van der Waals surface area (Å²) in [6, 6.07) is 0.827. The Labute approximate surface area is 141 Å². The Morgan fingerprint density at radius 1 is 1.33 bits per heavy atom. The number of hydrogen-bond donors (Lipinski definition) is 1. The number of pyridine rings is 1. The Morgan fingerprint density at radius 3 is 2.79 bits per heavy atom. The first-order valence-corrected chi connectivity index (χ1v) is 7.92. The van der Waals surface area contributed by atoms with Crippen molar-refractivity contribution in [2.24, 2.45) is 0 Å². The van der Waals surface area contributed by atoms with Gasteiger partial charge in [-0.25, -0.2) is 4.98 Å². The van der Waals surface area contributed by atoms with Crippen LogP contribution in [0.4, 0.5) is 13.2 Å². The Hall–Kier alpha value is -1.80. The third-order valence-corrected chi connectivity index (χ3v) is 4.28. The minimum absolute atomic E-state index is 0.125. The Morgan fingerprint density at radius 2 is 2.08 bits per heavy atom. The van der Waals surface area contributed by atoms with Crippen molar-refractivity contribution in [3.05, 3.63) is 34.2 Å². The molecule has 0 bridgehead atoms. The Balaban J connectivity index is 2.11. The second kappa shape index (κ2) is 6.25. The first kappa shape index (κ1) is 17.0. The number of carbonyl (C=O) groups is 1. The molecule has 0 unspecified atom stereocenters. The van der Waals surface area contributed by atoms with Crippen LogP contribution in [0.2, 0.25) is 5.02 Å². The molecule has 0 aliphatic carbocycles. The number of halogens is 4. The van der Waals surface area contributed by atoms with Crippen LogP contribution in [0, 0.1) is 6.92 Å². The van der Waals surface area contributed by atoms with Crippen molar-refractivity contribution in [1.29, 1.82) is 0 Å². The summed E-state index contributed by atoms with van der Waals surface area (Å²) in [6.45, 7) is 4.10. The lowest BCUT2D eigenvalue weighted by Crippen LogP contribution is -2.35. The van der Waals surface area contributed by atoms with E-state index in [1.165, 1.54) is 0 Å². The van der Waals surface area contributed by atoms with Crippen molar-refractivity contribution in [2.45, 2.75) is 19.5 Å². The first-order valence-electron chi connectivity index (χ1n) is 7.54. The molecule has 24 heavy (non-hydrogen) atoms. The fraction of sp³-hybridized carbons (Fsp3) is 0.467. The standard InChI is InChI=1S/C15H16ClF3N4O/c1-9-12(14(24)22-5-2-3-20-4-6-22)23-8-10(15(17,18)19)7-11(16)13(23)21-9/h7-8,20H,2-6H2,1H3. The van der Waals surface area contributed by atoms with Crippen molar-refractivity contribution in [2.75, 3.05) is 26.2 Å². The molecular weight excluding hydrogens is 345 g/mol. The summed E-state index contributed by atoms with van der Waals surface area (Å²) in [5.41, 5.74) is -0.277. The number of nitrogens with zero attached hydrogens (tertiary/aromatic N) is 3. The van der Waals surface area contributed by atoms with Crippen LogP contribution < -0.4 is 5.32 Å². The van der Waals surface area contributed by atoms with Crippen molar-refractivity contribution < 1.29 is 18.0 Å². The third kappa shape index (κ3) is 3.08. The van der Waals surface area contributed by atoms with E-state index in [4.69, 9.17) is 11.6 Å². The second-order valence-corrected chi connectivity index (χ2v) is 6.12. The molecule has 0 saturated carbocycles. The van der Waals surface area contributed by atoms with Gasteiger partial charge in [0.05, 0.1) is 16.3 Å². The number of aromatic nitrogens is 2. The highest BCUT2D eigenvalue weighted by Crippen LogP contribution is 2.33. The van der Waals surface area contributed by atoms with Gasteiger partial charge in [-0.15, -0.1) is 0 Å². The fourth-order valence-electron chi connectivity index (χ4n) is 2.83. The van der Waals surface area contributed by atoms with Crippen molar-refractivity contribution in [1.82, 2.24) is 19.6 Å². The molecule has 2 aromatic rings. The number of hydrogen-bond acceptors (Lipinski definition) is 3. The van der Waals surface area contributed by atoms with Gasteiger partial charge in [-0.05, 0) is 26.0 Å². The zero-order valence-corrected chi connectivity index (χ0v) is 13.7. The van der Waals surface area contributed by atoms with E-state index in [0.717, 1.165) is 29.6 Å². The Kier molecular flexibility index (Phi) is 4.44. The molecule has 9 heteroatoms. The van der Waals surface area contributed by atoms with E-state index in [9.17, 15) is 18.0 Å². The zero-order chi connectivity index (χ0) is 17.5. The molecule has 1 aliphatic heterocycles. The smallest absolute Gasteiger partial charge is 0.336 e. The highest BCUT2D eigenvalue weighted by atomic mass is 35.5. The lowest BCUT2D eigenvalue weighted by Gasteiger charge is -2.20. The van der Waals surface area contributed by atoms with Crippen LogP contribution in [0.15, 0.2) is 12.3 Å². The topological polar surface area (TPSA) is 49.6 Å². The summed E-state index contributed by atoms with van der Waals surface area (Å²) in [7, 11) is 0. The van der Waals surface area contributed by atoms with Crippen LogP contribution in [0.3, 0.4) is 0 Å². The summed E-state index contributed by atoms with van der Waals surface area (Å²) in [5.74, 6) is -0.334. The van der Waals surface area contributed by atoms with Gasteiger partial charge in [0, 0.05) is 25.8 Å². The predicted octanol–water partition coefficient (Wildman–Crippen LogP) is 2.75. The Bertz CT molecular complexity index is 779. The molecule has 5 nitrogen and oxygen atoms in total. The molecular formula is C15H16ClF3N4O. The number of imidazole rings is 1. The maximum Gasteiger partial charge on any atom is 0.417 e. The van der Waals surface area contributed by atoms with E-state index in [0.29, 0.717) is 25.3 Å². The number of fused-ring (bicyclic) bond motifs is 1. The van der Waals surface area contributed by atoms with Gasteiger partial charge in [-0.2, -0.15) is 13.2 Å². The van der Waals surface area contributed by atoms with Gasteiger partial charge in [0.15, 0.2) is 5.65 Å². The van der Waals surface area contributed by atoms with Crippen molar-refractivity contribution in [3.8, 4) is 0 Å². The largest absolute Gasteiger partial charge is 0.417 e. The molecule has 1 saturated heterocycles. The highest BCUT2D eigenvalue weighted by molar-refractivity contribution is 6.33. The van der Waals surface area contributed by atoms with Gasteiger partial charge in [0.25, 0.3) is 5.91 Å². The number of alkyl halides is 3. The SMILES string of the molecule is Cc1nc2c(Cl)cc(C(F)(F)F)cn2c1C(=O)N1CCCNCC1. The average molecular weight is 361 g/mol. The molecule has 0 atom stereocenters. The van der Waals surface area contributed by atoms with E-state index >= 15 is 0 Å². The molecule has 0 radical (unpaired) electrons. The summed E-state index contributed by atoms with van der Waals surface area (Å²) < 4.78 is 40.3. The summed E-state index contributed by atoms with van der Waals surface area (Å²) >= 11 is 5.95. The molecule has 3 heterocycles. The first-order chi connectivity index (χ1) is 11.3. The second-order valence-electron chi connectivity index (χ2n) is 5.71. The maximum absolute atomic E-state index is 13.0. The van der Waals surface area contributed by atoms with E-state index in [1.54, 1.807) is 11.8 Å². The molecule has 1 amide bonds. The molecule has 3 rings (SSSR count). The van der Waals surface area contributed by atoms with Crippen LogP contribution in [0.5, 0.6) is 0 Å². The number of nitrogens with one attached hydrogen (secondary N) is 1. The quantitative estimate of drug-likeness (QED) is 0.850. The lowest BCUT2D eigenvalue weighted by molar-refractivity contribution is -0.137. The average Bonchev–Trinajstić information content (AvgIpc) is 2.69. The molecule has 1 N–H and O–H groups in total. The monoisotopic (exact) mass is 360 g/mol. The fourth-order valence-corrected chi connectivity index (χ4v) is 3.08. The number of aryl methyl sites for hydroxylation is 1. The van der Waals surface area contributed by atoms with Gasteiger partial charge in [0.1, 0.15) is 5.69 Å². The maximum atomic E-state index is 13.0. The number of amides is 1. The normalized spacial score (nSPS) is 16.5. The van der Waals surface area contributed by atoms with Crippen molar-refractivity contribution in [3.63, 3.8) is 0 Å². The van der Waals surface area contributed by atoms with Gasteiger partial charge in [-0.3, -0.25) is 9.20 Å². The summed E-state index contributed by atoms with van der Waals surface area (Å²) in [4.78, 5) is 18.6. The van der Waals surface area contributed by atoms with Crippen LogP contribution in [-0.2, 0) is 6.18 Å². The number of rotatable bonds is 1. The van der Waals surface area contributed by atoms with Crippen LogP contribution in [-0.4, -0.2) is 46.4 Å². The van der Waals surface area contributed by atoms with Gasteiger partial charge in [0.2, 0.25) is 0 Å². The summed E-state index contributed by atoms with van der Waals surface area (Å²) in [5, 5.41) is 3.05. The number of carbonyl (C=O) groups excluding carboxylic acids is 1. The molecule has 1 aliphatic rings. The van der Waals surface area contributed by atoms with Gasteiger partial charge >= 0.3 is 6.18 Å². The zero-order valence-electron chi connectivity index (χ0n) is 13.0. The molecule has 0 spiro atoms. The predicted molar refractivity (Wildman–Crippen MR) is 83.3 cm³/mol. The molecule has 2 aromatic heterocycles.